The third-order valence-electron chi connectivity index (χ3n) is 2.32. The van der Waals surface area contributed by atoms with E-state index in [4.69, 9.17) is 17.3 Å². The molecule has 2 aromatic rings. The van der Waals surface area contributed by atoms with Crippen molar-refractivity contribution in [3.63, 3.8) is 0 Å². The molecule has 0 amide bonds. The molecule has 0 bridgehead atoms. The number of rotatable bonds is 3. The van der Waals surface area contributed by atoms with E-state index >= 15 is 0 Å². The van der Waals surface area contributed by atoms with Crippen LogP contribution in [0.5, 0.6) is 0 Å². The summed E-state index contributed by atoms with van der Waals surface area (Å²) in [6, 6.07) is 15.6. The zero-order valence-electron chi connectivity index (χ0n) is 8.78. The highest BCUT2D eigenvalue weighted by Crippen LogP contribution is 2.24. The quantitative estimate of drug-likeness (QED) is 0.850. The number of anilines is 2. The first-order valence-corrected chi connectivity index (χ1v) is 5.48. The monoisotopic (exact) mass is 232 g/mol. The number of hydrogen-bond acceptors (Lipinski definition) is 2. The molecule has 3 heteroatoms. The van der Waals surface area contributed by atoms with Gasteiger partial charge in [0.2, 0.25) is 0 Å². The van der Waals surface area contributed by atoms with Crippen molar-refractivity contribution in [1.82, 2.24) is 0 Å². The molecule has 0 unspecified atom stereocenters. The molecule has 2 rings (SSSR count). The highest BCUT2D eigenvalue weighted by molar-refractivity contribution is 6.33. The van der Waals surface area contributed by atoms with Crippen LogP contribution in [-0.4, -0.2) is 0 Å². The minimum Gasteiger partial charge on any atom is -0.354 e. The van der Waals surface area contributed by atoms with Crippen LogP contribution in [0.4, 0.5) is 11.4 Å². The molecule has 2 nitrogen and oxygen atoms in total. The summed E-state index contributed by atoms with van der Waals surface area (Å²) in [6.07, 6.45) is 0. The Hall–Kier alpha value is -1.51. The third kappa shape index (κ3) is 2.54. The molecule has 0 atom stereocenters. The average molecular weight is 233 g/mol. The van der Waals surface area contributed by atoms with Crippen molar-refractivity contribution in [2.75, 3.05) is 5.32 Å². The van der Waals surface area contributed by atoms with E-state index in [2.05, 4.69) is 5.32 Å². The second-order valence-electron chi connectivity index (χ2n) is 3.51. The van der Waals surface area contributed by atoms with Gasteiger partial charge in [0.1, 0.15) is 0 Å². The van der Waals surface area contributed by atoms with Gasteiger partial charge >= 0.3 is 0 Å². The van der Waals surface area contributed by atoms with Crippen LogP contribution in [0.3, 0.4) is 0 Å². The smallest absolute Gasteiger partial charge is 0.0640 e. The first-order valence-electron chi connectivity index (χ1n) is 5.10. The fourth-order valence-electron chi connectivity index (χ4n) is 1.49. The van der Waals surface area contributed by atoms with Gasteiger partial charge < -0.3 is 11.1 Å². The summed E-state index contributed by atoms with van der Waals surface area (Å²) in [5.74, 6) is 0. The van der Waals surface area contributed by atoms with Crippen molar-refractivity contribution in [3.8, 4) is 0 Å². The predicted molar refractivity (Wildman–Crippen MR) is 69.1 cm³/mol. The van der Waals surface area contributed by atoms with Gasteiger partial charge in [0.05, 0.1) is 10.7 Å². The van der Waals surface area contributed by atoms with E-state index in [1.807, 2.05) is 48.5 Å². The lowest BCUT2D eigenvalue weighted by molar-refractivity contribution is 1.07. The number of nitrogens with two attached hydrogens (primary N) is 1. The molecule has 0 aromatic heterocycles. The molecule has 3 N–H and O–H groups in total. The van der Waals surface area contributed by atoms with E-state index in [9.17, 15) is 0 Å². The largest absolute Gasteiger partial charge is 0.354 e. The summed E-state index contributed by atoms with van der Waals surface area (Å²) >= 11 is 6.06. The molecular weight excluding hydrogens is 220 g/mol. The molecule has 16 heavy (non-hydrogen) atoms. The van der Waals surface area contributed by atoms with Gasteiger partial charge in [0.15, 0.2) is 0 Å². The van der Waals surface area contributed by atoms with Crippen LogP contribution in [0, 0.1) is 0 Å². The lowest BCUT2D eigenvalue weighted by Crippen LogP contribution is -1.97. The van der Waals surface area contributed by atoms with E-state index in [1.165, 1.54) is 0 Å². The Morgan fingerprint density at radius 3 is 2.62 bits per heavy atom. The fourth-order valence-corrected chi connectivity index (χ4v) is 1.68. The van der Waals surface area contributed by atoms with E-state index in [0.29, 0.717) is 11.6 Å². The second kappa shape index (κ2) is 5.01. The number of hydrogen-bond donors (Lipinski definition) is 2. The molecule has 0 saturated carbocycles. The van der Waals surface area contributed by atoms with Gasteiger partial charge in [0, 0.05) is 12.2 Å². The fraction of sp³-hybridized carbons (Fsp3) is 0.0769. The van der Waals surface area contributed by atoms with Gasteiger partial charge in [-0.05, 0) is 29.8 Å². The highest BCUT2D eigenvalue weighted by Gasteiger charge is 1.99. The molecule has 0 aliphatic carbocycles. The molecular formula is C13H13ClN2. The Kier molecular flexibility index (Phi) is 3.44. The minimum atomic E-state index is 0.540. The van der Waals surface area contributed by atoms with Crippen LogP contribution in [0.2, 0.25) is 5.02 Å². The molecule has 0 heterocycles. The Balaban J connectivity index is 2.24. The van der Waals surface area contributed by atoms with Crippen LogP contribution < -0.4 is 11.1 Å². The molecule has 82 valence electrons. The summed E-state index contributed by atoms with van der Waals surface area (Å²) in [6.45, 7) is 0.540. The molecule has 2 aromatic carbocycles. The van der Waals surface area contributed by atoms with Crippen LogP contribution in [0.1, 0.15) is 5.56 Å². The van der Waals surface area contributed by atoms with Gasteiger partial charge in [0.25, 0.3) is 0 Å². The highest BCUT2D eigenvalue weighted by atomic mass is 35.5. The third-order valence-corrected chi connectivity index (χ3v) is 2.65. The summed E-state index contributed by atoms with van der Waals surface area (Å²) in [7, 11) is 0. The maximum atomic E-state index is 6.06. The van der Waals surface area contributed by atoms with E-state index in [-0.39, 0.29) is 0 Å². The van der Waals surface area contributed by atoms with E-state index in [0.717, 1.165) is 16.9 Å². The van der Waals surface area contributed by atoms with Crippen molar-refractivity contribution in [1.29, 1.82) is 0 Å². The normalized spacial score (nSPS) is 10.1. The standard InChI is InChI=1S/C13H13ClN2/c14-12-6-1-2-7-13(12)16-11-5-3-4-10(8-11)9-15/h1-8,16H,9,15H2. The van der Waals surface area contributed by atoms with Crippen molar-refractivity contribution >= 4 is 23.0 Å². The van der Waals surface area contributed by atoms with Gasteiger partial charge in [-0.3, -0.25) is 0 Å². The van der Waals surface area contributed by atoms with Crippen molar-refractivity contribution < 1.29 is 0 Å². The molecule has 0 saturated heterocycles. The minimum absolute atomic E-state index is 0.540. The number of benzene rings is 2. The average Bonchev–Trinajstić information content (AvgIpc) is 2.32. The SMILES string of the molecule is NCc1cccc(Nc2ccccc2Cl)c1. The second-order valence-corrected chi connectivity index (χ2v) is 3.92. The Labute approximate surface area is 100 Å². The van der Waals surface area contributed by atoms with Crippen molar-refractivity contribution in [3.05, 3.63) is 59.1 Å². The van der Waals surface area contributed by atoms with Gasteiger partial charge in [-0.15, -0.1) is 0 Å². The number of halogens is 1. The maximum absolute atomic E-state index is 6.06. The van der Waals surface area contributed by atoms with E-state index in [1.54, 1.807) is 0 Å². The number of para-hydroxylation sites is 1. The van der Waals surface area contributed by atoms with Crippen molar-refractivity contribution in [2.24, 2.45) is 5.73 Å². The first-order chi connectivity index (χ1) is 7.79. The van der Waals surface area contributed by atoms with E-state index < -0.39 is 0 Å². The lowest BCUT2D eigenvalue weighted by Gasteiger charge is -2.09. The summed E-state index contributed by atoms with van der Waals surface area (Å²) in [5.41, 5.74) is 8.58. The first kappa shape index (κ1) is 11.0. The molecule has 0 radical (unpaired) electrons. The Morgan fingerprint density at radius 1 is 1.06 bits per heavy atom. The maximum Gasteiger partial charge on any atom is 0.0640 e. The van der Waals surface area contributed by atoms with Crippen LogP contribution in [0.15, 0.2) is 48.5 Å². The van der Waals surface area contributed by atoms with Gasteiger partial charge in [-0.25, -0.2) is 0 Å². The predicted octanol–water partition coefficient (Wildman–Crippen LogP) is 3.54. The van der Waals surface area contributed by atoms with Crippen LogP contribution in [0.25, 0.3) is 0 Å². The lowest BCUT2D eigenvalue weighted by atomic mass is 10.2. The molecule has 0 fully saturated rings. The van der Waals surface area contributed by atoms with Crippen molar-refractivity contribution in [2.45, 2.75) is 6.54 Å². The Bertz CT molecular complexity index is 483. The number of nitrogens with one attached hydrogen (secondary N) is 1. The van der Waals surface area contributed by atoms with Crippen LogP contribution >= 0.6 is 11.6 Å². The van der Waals surface area contributed by atoms with Crippen LogP contribution in [-0.2, 0) is 6.54 Å². The van der Waals surface area contributed by atoms with Gasteiger partial charge in [-0.2, -0.15) is 0 Å². The summed E-state index contributed by atoms with van der Waals surface area (Å²) in [5, 5.41) is 3.97. The molecule has 0 aliphatic rings. The summed E-state index contributed by atoms with van der Waals surface area (Å²) in [4.78, 5) is 0. The van der Waals surface area contributed by atoms with Gasteiger partial charge in [-0.1, -0.05) is 35.9 Å². The Morgan fingerprint density at radius 2 is 1.88 bits per heavy atom. The topological polar surface area (TPSA) is 38.0 Å². The zero-order valence-corrected chi connectivity index (χ0v) is 9.54. The zero-order chi connectivity index (χ0) is 11.4. The summed E-state index contributed by atoms with van der Waals surface area (Å²) < 4.78 is 0. The molecule has 0 aliphatic heterocycles. The molecule has 0 spiro atoms.